The van der Waals surface area contributed by atoms with Crippen LogP contribution in [0.4, 0.5) is 18.9 Å². The molecule has 3 aromatic rings. The van der Waals surface area contributed by atoms with Crippen LogP contribution in [0, 0.1) is 13.8 Å². The predicted molar refractivity (Wildman–Crippen MR) is 89.9 cm³/mol. The molecule has 0 unspecified atom stereocenters. The summed E-state index contributed by atoms with van der Waals surface area (Å²) in [5, 5.41) is 2.18. The Morgan fingerprint density at radius 1 is 1.00 bits per heavy atom. The van der Waals surface area contributed by atoms with Gasteiger partial charge in [0.2, 0.25) is 0 Å². The third-order valence-corrected chi connectivity index (χ3v) is 3.87. The van der Waals surface area contributed by atoms with Crippen molar-refractivity contribution in [3.63, 3.8) is 0 Å². The molecule has 2 heterocycles. The van der Waals surface area contributed by atoms with Gasteiger partial charge in [0.05, 0.1) is 11.1 Å². The average molecular weight is 379 g/mol. The summed E-state index contributed by atoms with van der Waals surface area (Å²) in [6.45, 7) is 2.99. The highest BCUT2D eigenvalue weighted by molar-refractivity contribution is 6.06. The highest BCUT2D eigenvalue weighted by atomic mass is 19.4. The maximum absolute atomic E-state index is 13.1. The number of anilines is 1. The summed E-state index contributed by atoms with van der Waals surface area (Å²) in [6.07, 6.45) is -4.73. The Morgan fingerprint density at radius 3 is 2.30 bits per heavy atom. The lowest BCUT2D eigenvalue weighted by Gasteiger charge is -2.11. The number of benzene rings is 1. The van der Waals surface area contributed by atoms with Gasteiger partial charge in [-0.3, -0.25) is 4.79 Å². The fourth-order valence-electron chi connectivity index (χ4n) is 2.77. The molecule has 1 N–H and O–H groups in total. The minimum absolute atomic E-state index is 0.101. The van der Waals surface area contributed by atoms with Gasteiger partial charge in [-0.15, -0.1) is 0 Å². The molecule has 0 bridgehead atoms. The summed E-state index contributed by atoms with van der Waals surface area (Å²) < 4.78 is 48.9. The average Bonchev–Trinajstić information content (AvgIpc) is 2.51. The van der Waals surface area contributed by atoms with E-state index in [1.165, 1.54) is 13.0 Å². The minimum atomic E-state index is -4.73. The standard InChI is InChI=1S/C18H12F3NO5/c1-8-5-14(23)26-9(2)16(8)17(25)22-10-3-4-11-12(18(19,20)21)7-15(24)27-13(11)6-10/h3-7H,1-2H3,(H,22,25). The maximum Gasteiger partial charge on any atom is 0.417 e. The van der Waals surface area contributed by atoms with Crippen molar-refractivity contribution < 1.29 is 26.8 Å². The fraction of sp³-hybridized carbons (Fsp3) is 0.167. The van der Waals surface area contributed by atoms with E-state index in [2.05, 4.69) is 5.32 Å². The van der Waals surface area contributed by atoms with Crippen molar-refractivity contribution in [3.05, 3.63) is 73.6 Å². The predicted octanol–water partition coefficient (Wildman–Crippen LogP) is 3.63. The number of hydrogen-bond acceptors (Lipinski definition) is 5. The van der Waals surface area contributed by atoms with Gasteiger partial charge in [0.15, 0.2) is 0 Å². The van der Waals surface area contributed by atoms with Crippen LogP contribution in [0.1, 0.15) is 27.2 Å². The molecule has 140 valence electrons. The van der Waals surface area contributed by atoms with Crippen LogP contribution >= 0.6 is 0 Å². The van der Waals surface area contributed by atoms with E-state index in [0.717, 1.165) is 18.2 Å². The Balaban J connectivity index is 2.03. The number of hydrogen-bond donors (Lipinski definition) is 1. The molecule has 0 atom stereocenters. The number of nitrogens with one attached hydrogen (secondary N) is 1. The second-order valence-corrected chi connectivity index (χ2v) is 5.82. The Hall–Kier alpha value is -3.36. The molecule has 27 heavy (non-hydrogen) atoms. The number of rotatable bonds is 2. The summed E-state index contributed by atoms with van der Waals surface area (Å²) in [5.41, 5.74) is -2.58. The van der Waals surface area contributed by atoms with E-state index < -0.39 is 28.9 Å². The van der Waals surface area contributed by atoms with Crippen molar-refractivity contribution in [3.8, 4) is 0 Å². The van der Waals surface area contributed by atoms with E-state index in [9.17, 15) is 27.6 Å². The van der Waals surface area contributed by atoms with Crippen LogP contribution in [0.2, 0.25) is 0 Å². The molecule has 2 aromatic heterocycles. The first-order valence-corrected chi connectivity index (χ1v) is 7.64. The third-order valence-electron chi connectivity index (χ3n) is 3.87. The number of fused-ring (bicyclic) bond motifs is 1. The Labute approximate surface area is 149 Å². The maximum atomic E-state index is 13.1. The van der Waals surface area contributed by atoms with Gasteiger partial charge in [-0.2, -0.15) is 13.2 Å². The molecule has 0 fully saturated rings. The van der Waals surface area contributed by atoms with E-state index in [1.54, 1.807) is 6.92 Å². The van der Waals surface area contributed by atoms with E-state index in [4.69, 9.17) is 8.83 Å². The zero-order chi connectivity index (χ0) is 19.9. The number of aryl methyl sites for hydroxylation is 2. The molecular formula is C18H12F3NO5. The highest BCUT2D eigenvalue weighted by Gasteiger charge is 2.33. The van der Waals surface area contributed by atoms with Crippen LogP contribution in [-0.2, 0) is 6.18 Å². The summed E-state index contributed by atoms with van der Waals surface area (Å²) in [4.78, 5) is 35.2. The topological polar surface area (TPSA) is 89.5 Å². The van der Waals surface area contributed by atoms with Gasteiger partial charge in [-0.1, -0.05) is 0 Å². The normalized spacial score (nSPS) is 11.6. The lowest BCUT2D eigenvalue weighted by molar-refractivity contribution is -0.136. The molecule has 0 aliphatic rings. The number of carbonyl (C=O) groups is 1. The van der Waals surface area contributed by atoms with Crippen LogP contribution in [-0.4, -0.2) is 5.91 Å². The van der Waals surface area contributed by atoms with E-state index in [-0.39, 0.29) is 28.0 Å². The van der Waals surface area contributed by atoms with Crippen LogP contribution in [0.25, 0.3) is 11.0 Å². The molecular weight excluding hydrogens is 367 g/mol. The van der Waals surface area contributed by atoms with Crippen LogP contribution in [0.3, 0.4) is 0 Å². The van der Waals surface area contributed by atoms with Gasteiger partial charge in [0.1, 0.15) is 11.3 Å². The van der Waals surface area contributed by atoms with Gasteiger partial charge in [0, 0.05) is 29.3 Å². The van der Waals surface area contributed by atoms with Gasteiger partial charge >= 0.3 is 17.4 Å². The third kappa shape index (κ3) is 3.62. The quantitative estimate of drug-likeness (QED) is 0.687. The smallest absolute Gasteiger partial charge is 0.417 e. The molecule has 0 radical (unpaired) electrons. The zero-order valence-corrected chi connectivity index (χ0v) is 14.1. The summed E-state index contributed by atoms with van der Waals surface area (Å²) in [5.74, 6) is -0.522. The lowest BCUT2D eigenvalue weighted by Crippen LogP contribution is -2.17. The van der Waals surface area contributed by atoms with Gasteiger partial charge < -0.3 is 14.2 Å². The molecule has 0 saturated carbocycles. The Morgan fingerprint density at radius 2 is 1.67 bits per heavy atom. The van der Waals surface area contributed by atoms with Gasteiger partial charge in [-0.05, 0) is 31.5 Å². The van der Waals surface area contributed by atoms with Crippen molar-refractivity contribution >= 4 is 22.6 Å². The number of halogens is 3. The molecule has 6 nitrogen and oxygen atoms in total. The fourth-order valence-corrected chi connectivity index (χ4v) is 2.77. The van der Waals surface area contributed by atoms with E-state index in [0.29, 0.717) is 11.6 Å². The summed E-state index contributed by atoms with van der Waals surface area (Å²) >= 11 is 0. The SMILES string of the molecule is Cc1cc(=O)oc(C)c1C(=O)Nc1ccc2c(C(F)(F)F)cc(=O)oc2c1. The largest absolute Gasteiger partial charge is 0.427 e. The van der Waals surface area contributed by atoms with Gasteiger partial charge in [0.25, 0.3) is 5.91 Å². The number of alkyl halides is 3. The van der Waals surface area contributed by atoms with Crippen molar-refractivity contribution in [2.75, 3.05) is 5.32 Å². The summed E-state index contributed by atoms with van der Waals surface area (Å²) in [6, 6.07) is 4.99. The molecule has 0 spiro atoms. The van der Waals surface area contributed by atoms with Crippen LogP contribution in [0.5, 0.6) is 0 Å². The second-order valence-electron chi connectivity index (χ2n) is 5.82. The molecule has 0 aliphatic heterocycles. The van der Waals surface area contributed by atoms with Crippen molar-refractivity contribution in [2.45, 2.75) is 20.0 Å². The van der Waals surface area contributed by atoms with Crippen molar-refractivity contribution in [1.29, 1.82) is 0 Å². The first kappa shape index (κ1) is 18.4. The lowest BCUT2D eigenvalue weighted by atomic mass is 10.1. The molecule has 1 aromatic carbocycles. The zero-order valence-electron chi connectivity index (χ0n) is 14.1. The molecule has 0 saturated heterocycles. The van der Waals surface area contributed by atoms with E-state index >= 15 is 0 Å². The minimum Gasteiger partial charge on any atom is -0.427 e. The second kappa shape index (κ2) is 6.42. The van der Waals surface area contributed by atoms with Crippen LogP contribution < -0.4 is 16.6 Å². The monoisotopic (exact) mass is 379 g/mol. The van der Waals surface area contributed by atoms with Crippen LogP contribution in [0.15, 0.2) is 48.8 Å². The molecule has 0 aliphatic carbocycles. The van der Waals surface area contributed by atoms with Crippen molar-refractivity contribution in [2.24, 2.45) is 0 Å². The molecule has 1 amide bonds. The molecule has 9 heteroatoms. The molecule has 3 rings (SSSR count). The number of carbonyl (C=O) groups excluding carboxylic acids is 1. The Bertz CT molecular complexity index is 1150. The van der Waals surface area contributed by atoms with E-state index in [1.807, 2.05) is 0 Å². The first-order chi connectivity index (χ1) is 12.6. The summed E-state index contributed by atoms with van der Waals surface area (Å²) in [7, 11) is 0. The van der Waals surface area contributed by atoms with Crippen molar-refractivity contribution in [1.82, 2.24) is 0 Å². The Kier molecular flexibility index (Phi) is 4.38. The first-order valence-electron chi connectivity index (χ1n) is 7.64. The number of amides is 1. The highest BCUT2D eigenvalue weighted by Crippen LogP contribution is 2.34. The van der Waals surface area contributed by atoms with Gasteiger partial charge in [-0.25, -0.2) is 9.59 Å².